The van der Waals surface area contributed by atoms with Crippen LogP contribution in [-0.4, -0.2) is 55.0 Å². The van der Waals surface area contributed by atoms with Crippen LogP contribution in [0.25, 0.3) is 17.0 Å². The molecule has 35 heavy (non-hydrogen) atoms. The molecule has 1 aromatic heterocycles. The molecule has 0 bridgehead atoms. The van der Waals surface area contributed by atoms with Crippen molar-refractivity contribution in [3.63, 3.8) is 0 Å². The molecule has 0 fully saturated rings. The summed E-state index contributed by atoms with van der Waals surface area (Å²) in [6, 6.07) is 14.6. The summed E-state index contributed by atoms with van der Waals surface area (Å²) >= 11 is 0. The van der Waals surface area contributed by atoms with Crippen molar-refractivity contribution in [3.8, 4) is 22.9 Å². The molecular weight excluding hydrogens is 448 g/mol. The lowest BCUT2D eigenvalue weighted by atomic mass is 9.94. The number of benzene rings is 2. The number of nitrogens with one attached hydrogen (secondary N) is 1. The third kappa shape index (κ3) is 5.14. The van der Waals surface area contributed by atoms with Crippen LogP contribution in [-0.2, 0) is 4.74 Å². The van der Waals surface area contributed by atoms with Crippen LogP contribution in [0.15, 0.2) is 58.8 Å². The Morgan fingerprint density at radius 1 is 1.09 bits per heavy atom. The molecule has 4 rings (SSSR count). The highest BCUT2D eigenvalue weighted by atomic mass is 16.5. The van der Waals surface area contributed by atoms with E-state index in [1.165, 1.54) is 0 Å². The Morgan fingerprint density at radius 3 is 2.57 bits per heavy atom. The Labute approximate surface area is 204 Å². The normalized spacial score (nSPS) is 15.8. The molecule has 1 aliphatic rings. The van der Waals surface area contributed by atoms with Crippen LogP contribution in [0, 0.1) is 0 Å². The number of nitrogens with zero attached hydrogens (tertiary/aromatic N) is 3. The van der Waals surface area contributed by atoms with E-state index in [-0.39, 0.29) is 6.03 Å². The van der Waals surface area contributed by atoms with Crippen LogP contribution >= 0.6 is 0 Å². The lowest BCUT2D eigenvalue weighted by Crippen LogP contribution is -2.46. The SMILES string of the molecule is CCOCCCN1C(=O)NC(c2ccccc2)C(c2nc(-c3ccc(OC)c(OC)c3)no2)=C1C. The zero-order chi connectivity index (χ0) is 24.8. The van der Waals surface area contributed by atoms with Crippen molar-refractivity contribution < 1.29 is 23.5 Å². The molecule has 0 saturated carbocycles. The number of carbonyl (C=O) groups excluding carboxylic acids is 1. The van der Waals surface area contributed by atoms with Crippen molar-refractivity contribution in [1.29, 1.82) is 0 Å². The fourth-order valence-electron chi connectivity index (χ4n) is 4.12. The number of carbonyl (C=O) groups is 1. The fraction of sp³-hybridized carbons (Fsp3) is 0.346. The molecule has 0 spiro atoms. The van der Waals surface area contributed by atoms with Crippen molar-refractivity contribution in [2.75, 3.05) is 34.0 Å². The summed E-state index contributed by atoms with van der Waals surface area (Å²) in [6.45, 7) is 5.59. The lowest BCUT2D eigenvalue weighted by molar-refractivity contribution is 0.136. The number of hydrogen-bond acceptors (Lipinski definition) is 7. The van der Waals surface area contributed by atoms with E-state index in [0.717, 1.165) is 22.4 Å². The lowest BCUT2D eigenvalue weighted by Gasteiger charge is -2.35. The monoisotopic (exact) mass is 478 g/mol. The maximum absolute atomic E-state index is 13.0. The van der Waals surface area contributed by atoms with Gasteiger partial charge in [-0.1, -0.05) is 35.5 Å². The first-order valence-electron chi connectivity index (χ1n) is 11.5. The third-order valence-electron chi connectivity index (χ3n) is 5.90. The molecule has 2 amide bonds. The van der Waals surface area contributed by atoms with Gasteiger partial charge in [0, 0.05) is 31.0 Å². The molecule has 1 aliphatic heterocycles. The van der Waals surface area contributed by atoms with Gasteiger partial charge >= 0.3 is 6.03 Å². The standard InChI is InChI=1S/C26H30N4O5/c1-5-34-15-9-14-30-17(2)22(23(27-26(30)31)18-10-7-6-8-11-18)25-28-24(29-35-25)19-12-13-20(32-3)21(16-19)33-4/h6-8,10-13,16,23H,5,9,14-15H2,1-4H3,(H,27,31). The van der Waals surface area contributed by atoms with Crippen molar-refractivity contribution >= 4 is 11.6 Å². The van der Waals surface area contributed by atoms with Crippen LogP contribution < -0.4 is 14.8 Å². The maximum Gasteiger partial charge on any atom is 0.322 e. The zero-order valence-electron chi connectivity index (χ0n) is 20.4. The number of urea groups is 1. The highest BCUT2D eigenvalue weighted by molar-refractivity contribution is 5.86. The maximum atomic E-state index is 13.0. The van der Waals surface area contributed by atoms with Gasteiger partial charge in [0.05, 0.1) is 25.8 Å². The first kappa shape index (κ1) is 24.3. The summed E-state index contributed by atoms with van der Waals surface area (Å²) in [5, 5.41) is 7.33. The van der Waals surface area contributed by atoms with Gasteiger partial charge in [-0.2, -0.15) is 4.98 Å². The van der Waals surface area contributed by atoms with Crippen LogP contribution in [0.2, 0.25) is 0 Å². The minimum atomic E-state index is -0.425. The molecule has 184 valence electrons. The Hall–Kier alpha value is -3.85. The van der Waals surface area contributed by atoms with Crippen LogP contribution in [0.3, 0.4) is 0 Å². The highest BCUT2D eigenvalue weighted by Gasteiger charge is 2.35. The smallest absolute Gasteiger partial charge is 0.322 e. The number of methoxy groups -OCH3 is 2. The van der Waals surface area contributed by atoms with Gasteiger partial charge in [0.1, 0.15) is 0 Å². The number of hydrogen-bond donors (Lipinski definition) is 1. The van der Waals surface area contributed by atoms with Crippen LogP contribution in [0.1, 0.15) is 37.8 Å². The van der Waals surface area contributed by atoms with Gasteiger partial charge in [0.15, 0.2) is 11.5 Å². The molecule has 1 atom stereocenters. The van der Waals surface area contributed by atoms with Gasteiger partial charge < -0.3 is 24.1 Å². The van der Waals surface area contributed by atoms with E-state index in [0.29, 0.717) is 49.4 Å². The molecule has 9 nitrogen and oxygen atoms in total. The van der Waals surface area contributed by atoms with E-state index < -0.39 is 6.04 Å². The molecule has 1 N–H and O–H groups in total. The Bertz CT molecular complexity index is 1190. The number of allylic oxidation sites excluding steroid dienone is 1. The predicted octanol–water partition coefficient (Wildman–Crippen LogP) is 4.68. The second-order valence-electron chi connectivity index (χ2n) is 7.99. The minimum absolute atomic E-state index is 0.170. The first-order chi connectivity index (χ1) is 17.1. The van der Waals surface area contributed by atoms with Crippen molar-refractivity contribution in [1.82, 2.24) is 20.4 Å². The van der Waals surface area contributed by atoms with Crippen molar-refractivity contribution in [3.05, 3.63) is 65.7 Å². The third-order valence-corrected chi connectivity index (χ3v) is 5.90. The molecule has 0 saturated heterocycles. The summed E-state index contributed by atoms with van der Waals surface area (Å²) in [5.74, 6) is 1.93. The van der Waals surface area contributed by atoms with E-state index in [9.17, 15) is 4.79 Å². The number of aromatic nitrogens is 2. The average Bonchev–Trinajstić information content (AvgIpc) is 3.37. The number of rotatable bonds is 10. The first-order valence-corrected chi connectivity index (χ1v) is 11.5. The highest BCUT2D eigenvalue weighted by Crippen LogP contribution is 2.38. The number of amides is 2. The topological polar surface area (TPSA) is 99.0 Å². The van der Waals surface area contributed by atoms with E-state index in [1.54, 1.807) is 31.3 Å². The van der Waals surface area contributed by atoms with E-state index >= 15 is 0 Å². The Balaban J connectivity index is 1.73. The van der Waals surface area contributed by atoms with Crippen LogP contribution in [0.4, 0.5) is 4.79 Å². The Morgan fingerprint density at radius 2 is 1.86 bits per heavy atom. The largest absolute Gasteiger partial charge is 0.493 e. The van der Waals surface area contributed by atoms with Gasteiger partial charge in [-0.05, 0) is 44.0 Å². The van der Waals surface area contributed by atoms with Gasteiger partial charge in [-0.3, -0.25) is 4.90 Å². The van der Waals surface area contributed by atoms with Gasteiger partial charge in [-0.25, -0.2) is 4.79 Å². The molecule has 0 radical (unpaired) electrons. The molecule has 9 heteroatoms. The summed E-state index contributed by atoms with van der Waals surface area (Å²) in [4.78, 5) is 19.4. The van der Waals surface area contributed by atoms with Gasteiger partial charge in [0.2, 0.25) is 5.82 Å². The zero-order valence-corrected chi connectivity index (χ0v) is 20.4. The quantitative estimate of drug-likeness (QED) is 0.423. The van der Waals surface area contributed by atoms with E-state index in [1.807, 2.05) is 50.2 Å². The van der Waals surface area contributed by atoms with E-state index in [2.05, 4.69) is 10.5 Å². The average molecular weight is 479 g/mol. The van der Waals surface area contributed by atoms with Gasteiger partial charge in [0.25, 0.3) is 5.89 Å². The van der Waals surface area contributed by atoms with Crippen molar-refractivity contribution in [2.45, 2.75) is 26.3 Å². The van der Waals surface area contributed by atoms with Crippen molar-refractivity contribution in [2.24, 2.45) is 0 Å². The summed E-state index contributed by atoms with van der Waals surface area (Å²) in [7, 11) is 3.16. The van der Waals surface area contributed by atoms with Gasteiger partial charge in [-0.15, -0.1) is 0 Å². The molecule has 1 unspecified atom stereocenters. The second kappa shape index (κ2) is 11.1. The molecular formula is C26H30N4O5. The molecule has 3 aromatic rings. The summed E-state index contributed by atoms with van der Waals surface area (Å²) in [6.07, 6.45) is 0.711. The second-order valence-corrected chi connectivity index (χ2v) is 7.99. The molecule has 2 aromatic carbocycles. The molecule has 0 aliphatic carbocycles. The Kier molecular flexibility index (Phi) is 7.67. The predicted molar refractivity (Wildman–Crippen MR) is 131 cm³/mol. The molecule has 2 heterocycles. The fourth-order valence-corrected chi connectivity index (χ4v) is 4.12. The summed E-state index contributed by atoms with van der Waals surface area (Å²) in [5.41, 5.74) is 3.17. The number of ether oxygens (including phenoxy) is 3. The summed E-state index contributed by atoms with van der Waals surface area (Å²) < 4.78 is 21.9. The minimum Gasteiger partial charge on any atom is -0.493 e. The van der Waals surface area contributed by atoms with Crippen LogP contribution in [0.5, 0.6) is 11.5 Å². The van der Waals surface area contributed by atoms with E-state index in [4.69, 9.17) is 23.7 Å².